The van der Waals surface area contributed by atoms with Crippen LogP contribution in [0.25, 0.3) is 0 Å². The van der Waals surface area contributed by atoms with Crippen molar-refractivity contribution in [2.75, 3.05) is 35.0 Å². The van der Waals surface area contributed by atoms with E-state index in [4.69, 9.17) is 24.7 Å². The molecule has 3 N–H and O–H groups in total. The summed E-state index contributed by atoms with van der Waals surface area (Å²) >= 11 is 0. The van der Waals surface area contributed by atoms with Crippen molar-refractivity contribution in [1.29, 1.82) is 0 Å². The second kappa shape index (κ2) is 10.9. The Kier molecular flexibility index (Phi) is 10.1. The minimum atomic E-state index is -0.285. The molecule has 0 fully saturated rings. The minimum Gasteiger partial charge on any atom is -0.493 e. The summed E-state index contributed by atoms with van der Waals surface area (Å²) in [5.74, 6) is 1.45. The van der Waals surface area contributed by atoms with Crippen molar-refractivity contribution in [1.82, 2.24) is 5.32 Å². The van der Waals surface area contributed by atoms with Gasteiger partial charge in [-0.1, -0.05) is 0 Å². The van der Waals surface area contributed by atoms with E-state index in [-0.39, 0.29) is 30.8 Å². The molecule has 1 unspecified atom stereocenters. The van der Waals surface area contributed by atoms with Crippen molar-refractivity contribution in [2.45, 2.75) is 19.1 Å². The molecule has 0 saturated carbocycles. The maximum atomic E-state index is 11.9. The van der Waals surface area contributed by atoms with Crippen LogP contribution >= 0.6 is 12.4 Å². The fourth-order valence-electron chi connectivity index (χ4n) is 2.04. The highest BCUT2D eigenvalue weighted by atomic mass is 35.5. The molecule has 0 aliphatic carbocycles. The smallest absolute Gasteiger partial charge is 0.222 e. The summed E-state index contributed by atoms with van der Waals surface area (Å²) in [5.41, 5.74) is 6.29. The van der Waals surface area contributed by atoms with E-state index in [1.54, 1.807) is 13.2 Å². The van der Waals surface area contributed by atoms with Crippen molar-refractivity contribution in [3.63, 3.8) is 0 Å². The predicted molar refractivity (Wildman–Crippen MR) is 89.7 cm³/mol. The van der Waals surface area contributed by atoms with Crippen molar-refractivity contribution in [3.05, 3.63) is 17.7 Å². The van der Waals surface area contributed by atoms with Gasteiger partial charge < -0.3 is 30.0 Å². The first-order valence-corrected chi connectivity index (χ1v) is 6.88. The van der Waals surface area contributed by atoms with Crippen LogP contribution in [-0.2, 0) is 16.1 Å². The molecule has 0 spiro atoms. The number of benzene rings is 1. The summed E-state index contributed by atoms with van der Waals surface area (Å²) in [5, 5.41) is 2.81. The number of ether oxygens (including phenoxy) is 4. The minimum absolute atomic E-state index is 0. The molecule has 0 aliphatic heterocycles. The van der Waals surface area contributed by atoms with E-state index in [0.29, 0.717) is 30.3 Å². The molecule has 7 nitrogen and oxygen atoms in total. The van der Waals surface area contributed by atoms with Crippen LogP contribution in [0, 0.1) is 0 Å². The fourth-order valence-corrected chi connectivity index (χ4v) is 2.04. The van der Waals surface area contributed by atoms with E-state index < -0.39 is 0 Å². The van der Waals surface area contributed by atoms with Gasteiger partial charge in [0.05, 0.1) is 33.9 Å². The molecule has 0 radical (unpaired) electrons. The number of carbonyl (C=O) groups excluding carboxylic acids is 1. The summed E-state index contributed by atoms with van der Waals surface area (Å²) in [4.78, 5) is 11.9. The van der Waals surface area contributed by atoms with E-state index in [1.807, 2.05) is 6.07 Å². The molecule has 1 atom stereocenters. The van der Waals surface area contributed by atoms with E-state index in [1.165, 1.54) is 21.3 Å². The lowest BCUT2D eigenvalue weighted by atomic mass is 10.1. The van der Waals surface area contributed by atoms with Crippen LogP contribution in [0.2, 0.25) is 0 Å². The van der Waals surface area contributed by atoms with Crippen molar-refractivity contribution < 1.29 is 23.7 Å². The summed E-state index contributed by atoms with van der Waals surface area (Å²) in [6.07, 6.45) is -0.0740. The first-order chi connectivity index (χ1) is 10.6. The molecule has 0 aliphatic rings. The number of carbonyl (C=O) groups is 1. The van der Waals surface area contributed by atoms with Crippen LogP contribution in [0.3, 0.4) is 0 Å². The van der Waals surface area contributed by atoms with Gasteiger partial charge in [-0.2, -0.15) is 0 Å². The van der Waals surface area contributed by atoms with Gasteiger partial charge in [0, 0.05) is 25.8 Å². The van der Waals surface area contributed by atoms with Gasteiger partial charge in [-0.15, -0.1) is 12.4 Å². The van der Waals surface area contributed by atoms with E-state index in [0.717, 1.165) is 5.56 Å². The molecule has 132 valence electrons. The van der Waals surface area contributed by atoms with Gasteiger partial charge in [0.2, 0.25) is 11.7 Å². The van der Waals surface area contributed by atoms with Crippen LogP contribution < -0.4 is 25.3 Å². The summed E-state index contributed by atoms with van der Waals surface area (Å²) < 4.78 is 21.0. The van der Waals surface area contributed by atoms with Gasteiger partial charge >= 0.3 is 0 Å². The molecule has 0 aromatic heterocycles. The zero-order valence-corrected chi connectivity index (χ0v) is 14.7. The Bertz CT molecular complexity index is 495. The van der Waals surface area contributed by atoms with Crippen LogP contribution in [0.5, 0.6) is 17.2 Å². The third kappa shape index (κ3) is 5.78. The van der Waals surface area contributed by atoms with Gasteiger partial charge in [0.1, 0.15) is 0 Å². The number of methoxy groups -OCH3 is 4. The maximum Gasteiger partial charge on any atom is 0.222 e. The van der Waals surface area contributed by atoms with Crippen molar-refractivity contribution in [2.24, 2.45) is 5.73 Å². The zero-order chi connectivity index (χ0) is 16.5. The second-order valence-corrected chi connectivity index (χ2v) is 4.57. The molecule has 1 amide bonds. The maximum absolute atomic E-state index is 11.9. The highest BCUT2D eigenvalue weighted by molar-refractivity contribution is 5.85. The summed E-state index contributed by atoms with van der Waals surface area (Å²) in [6.45, 7) is 0.604. The molecular weight excluding hydrogens is 324 g/mol. The molecule has 0 bridgehead atoms. The molecule has 1 aromatic carbocycles. The van der Waals surface area contributed by atoms with Gasteiger partial charge in [-0.25, -0.2) is 0 Å². The summed E-state index contributed by atoms with van der Waals surface area (Å²) in [7, 11) is 6.16. The van der Waals surface area contributed by atoms with Crippen molar-refractivity contribution >= 4 is 18.3 Å². The topological polar surface area (TPSA) is 92.0 Å². The van der Waals surface area contributed by atoms with Crippen molar-refractivity contribution in [3.8, 4) is 17.2 Å². The molecule has 0 saturated heterocycles. The van der Waals surface area contributed by atoms with Gasteiger partial charge in [0.25, 0.3) is 0 Å². The highest BCUT2D eigenvalue weighted by Crippen LogP contribution is 2.39. The number of nitrogens with two attached hydrogens (primary N) is 1. The lowest BCUT2D eigenvalue weighted by Gasteiger charge is -2.17. The third-order valence-electron chi connectivity index (χ3n) is 3.27. The van der Waals surface area contributed by atoms with Crippen LogP contribution in [-0.4, -0.2) is 47.0 Å². The predicted octanol–water partition coefficient (Wildman–Crippen LogP) is 1.11. The Morgan fingerprint density at radius 1 is 1.13 bits per heavy atom. The van der Waals surface area contributed by atoms with Gasteiger partial charge in [-0.3, -0.25) is 4.79 Å². The molecule has 8 heteroatoms. The van der Waals surface area contributed by atoms with E-state index in [9.17, 15) is 4.79 Å². The van der Waals surface area contributed by atoms with Gasteiger partial charge in [-0.05, 0) is 12.1 Å². The number of halogens is 1. The molecular formula is C15H25ClN2O5. The Hall–Kier alpha value is -1.70. The lowest BCUT2D eigenvalue weighted by molar-refractivity contribution is -0.123. The molecule has 1 rings (SSSR count). The largest absolute Gasteiger partial charge is 0.493 e. The number of hydrogen-bond acceptors (Lipinski definition) is 6. The van der Waals surface area contributed by atoms with Gasteiger partial charge in [0.15, 0.2) is 11.5 Å². The average Bonchev–Trinajstić information content (AvgIpc) is 2.56. The van der Waals surface area contributed by atoms with E-state index in [2.05, 4.69) is 5.32 Å². The lowest BCUT2D eigenvalue weighted by Crippen LogP contribution is -2.32. The zero-order valence-electron chi connectivity index (χ0n) is 13.9. The number of rotatable bonds is 9. The standard InChI is InChI=1S/C15H24N2O5.ClH/c1-19-11(8-16)7-13(18)17-9-10-5-6-12(20-2)15(22-4)14(10)21-3;/h5-6,11H,7-9,16H2,1-4H3,(H,17,18);1H. The van der Waals surface area contributed by atoms with Crippen LogP contribution in [0.1, 0.15) is 12.0 Å². The first-order valence-electron chi connectivity index (χ1n) is 6.88. The first kappa shape index (κ1) is 21.3. The third-order valence-corrected chi connectivity index (χ3v) is 3.27. The Balaban J connectivity index is 0.00000484. The van der Waals surface area contributed by atoms with Crippen LogP contribution in [0.15, 0.2) is 12.1 Å². The second-order valence-electron chi connectivity index (χ2n) is 4.57. The SMILES string of the molecule is COc1ccc(CNC(=O)CC(CN)OC)c(OC)c1OC.Cl. The average molecular weight is 349 g/mol. The highest BCUT2D eigenvalue weighted by Gasteiger charge is 2.17. The normalized spacial score (nSPS) is 11.2. The monoisotopic (exact) mass is 348 g/mol. The Morgan fingerprint density at radius 3 is 2.26 bits per heavy atom. The number of hydrogen-bond donors (Lipinski definition) is 2. The number of amides is 1. The summed E-state index contributed by atoms with van der Waals surface area (Å²) in [6, 6.07) is 3.58. The van der Waals surface area contributed by atoms with Crippen LogP contribution in [0.4, 0.5) is 0 Å². The molecule has 23 heavy (non-hydrogen) atoms. The van der Waals surface area contributed by atoms with E-state index >= 15 is 0 Å². The molecule has 0 heterocycles. The quantitative estimate of drug-likeness (QED) is 0.694. The Morgan fingerprint density at radius 2 is 1.78 bits per heavy atom. The fraction of sp³-hybridized carbons (Fsp3) is 0.533. The molecule has 1 aromatic rings. The Labute approximate surface area is 142 Å². The number of nitrogens with one attached hydrogen (secondary N) is 1.